The van der Waals surface area contributed by atoms with E-state index in [1.807, 2.05) is 0 Å². The first kappa shape index (κ1) is 35.3. The molecule has 0 radical (unpaired) electrons. The predicted octanol–water partition coefficient (Wildman–Crippen LogP) is -6.90. The van der Waals surface area contributed by atoms with Crippen molar-refractivity contribution < 1.29 is 28.7 Å². The summed E-state index contributed by atoms with van der Waals surface area (Å²) in [4.78, 5) is 43.3. The third-order valence-corrected chi connectivity index (χ3v) is 1.46. The van der Waals surface area contributed by atoms with Crippen LogP contribution in [-0.2, 0) is 28.7 Å². The van der Waals surface area contributed by atoms with Crippen LogP contribution < -0.4 is 17.2 Å². The van der Waals surface area contributed by atoms with Gasteiger partial charge in [-0.05, 0) is 0 Å². The number of hydrogen-bond donors (Lipinski definition) is 3. The first-order valence-electron chi connectivity index (χ1n) is 4.54. The van der Waals surface area contributed by atoms with Gasteiger partial charge < -0.3 is 26.7 Å². The Morgan fingerprint density at radius 3 is 1.52 bits per heavy atom. The van der Waals surface area contributed by atoms with Gasteiger partial charge in [-0.15, -0.1) is 0 Å². The number of hydrogen-bond acceptors (Lipinski definition) is 9. The first-order valence-corrected chi connectivity index (χ1v) is 4.54. The summed E-state index contributed by atoms with van der Waals surface area (Å²) in [5, 5.41) is 0. The van der Waals surface area contributed by atoms with Crippen molar-refractivity contribution in [2.45, 2.75) is 12.5 Å². The second-order valence-corrected chi connectivity index (χ2v) is 2.86. The van der Waals surface area contributed by atoms with Gasteiger partial charge in [0.1, 0.15) is 6.04 Å². The van der Waals surface area contributed by atoms with Crippen molar-refractivity contribution in [3.8, 4) is 0 Å². The number of ether oxygens (including phenoxy) is 2. The number of carbonyl (C=O) groups is 4. The molecule has 0 saturated heterocycles. The van der Waals surface area contributed by atoms with Crippen molar-refractivity contribution in [1.29, 1.82) is 0 Å². The molecule has 0 amide bonds. The van der Waals surface area contributed by atoms with E-state index in [2.05, 4.69) is 9.47 Å². The molecule has 0 saturated carbocycles. The van der Waals surface area contributed by atoms with Crippen LogP contribution in [0.15, 0.2) is 0 Å². The van der Waals surface area contributed by atoms with Gasteiger partial charge in [-0.2, -0.15) is 0 Å². The summed E-state index contributed by atoms with van der Waals surface area (Å²) < 4.78 is 8.30. The molecule has 1 unspecified atom stereocenters. The minimum atomic E-state index is -1.41. The Hall–Kier alpha value is 3.20. The van der Waals surface area contributed by atoms with Crippen molar-refractivity contribution in [1.82, 2.24) is 0 Å². The van der Waals surface area contributed by atoms with Crippen molar-refractivity contribution in [3.63, 3.8) is 0 Å². The van der Waals surface area contributed by atoms with E-state index in [-0.39, 0.29) is 151 Å². The van der Waals surface area contributed by atoms with Crippen LogP contribution in [0.1, 0.15) is 6.42 Å². The molecule has 0 aliphatic heterocycles. The molecule has 9 nitrogen and oxygen atoms in total. The summed E-state index contributed by atoms with van der Waals surface area (Å²) in [6, 6.07) is -1.41. The van der Waals surface area contributed by atoms with Crippen LogP contribution in [0.3, 0.4) is 0 Å². The zero-order valence-corrected chi connectivity index (χ0v) is 8.88. The molecular formula is C8H21Ca4N3O6. The van der Waals surface area contributed by atoms with Crippen LogP contribution in [0.5, 0.6) is 0 Å². The molecule has 0 aromatic carbocycles. The molecule has 0 heterocycles. The van der Waals surface area contributed by atoms with Crippen LogP contribution in [0.4, 0.5) is 0 Å². The third kappa shape index (κ3) is 19.4. The summed E-state index contributed by atoms with van der Waals surface area (Å²) in [5.41, 5.74) is 15.0. The van der Waals surface area contributed by atoms with Crippen molar-refractivity contribution in [3.05, 3.63) is 0 Å². The fourth-order valence-corrected chi connectivity index (χ4v) is 0.703. The zero-order chi connectivity index (χ0) is 13.4. The molecule has 6 N–H and O–H groups in total. The fourth-order valence-electron chi connectivity index (χ4n) is 0.703. The maximum atomic E-state index is 11.1. The van der Waals surface area contributed by atoms with E-state index in [1.54, 1.807) is 0 Å². The Morgan fingerprint density at radius 1 is 0.762 bits per heavy atom. The molecule has 0 aliphatic rings. The van der Waals surface area contributed by atoms with Crippen molar-refractivity contribution in [2.24, 2.45) is 17.2 Å². The van der Waals surface area contributed by atoms with E-state index in [4.69, 9.17) is 17.2 Å². The van der Waals surface area contributed by atoms with Crippen LogP contribution in [0.25, 0.3) is 0 Å². The van der Waals surface area contributed by atoms with Gasteiger partial charge in [-0.25, -0.2) is 4.79 Å². The number of esters is 4. The van der Waals surface area contributed by atoms with E-state index < -0.39 is 49.4 Å². The molecule has 1 atom stereocenters. The Kier molecular flexibility index (Phi) is 35.7. The van der Waals surface area contributed by atoms with E-state index in [9.17, 15) is 19.2 Å². The van der Waals surface area contributed by atoms with Crippen LogP contribution in [0, 0.1) is 0 Å². The second kappa shape index (κ2) is 21.2. The molecule has 0 bridgehead atoms. The van der Waals surface area contributed by atoms with Crippen LogP contribution >= 0.6 is 0 Å². The predicted molar refractivity (Wildman–Crippen MR) is 87.1 cm³/mol. The maximum absolute atomic E-state index is 11.1. The fraction of sp³-hybridized carbons (Fsp3) is 0.500. The average Bonchev–Trinajstić information content (AvgIpc) is 2.28. The Balaban J connectivity index is -0.000000213. The van der Waals surface area contributed by atoms with E-state index in [0.29, 0.717) is 0 Å². The molecule has 13 heteroatoms. The van der Waals surface area contributed by atoms with Gasteiger partial charge in [0.15, 0.2) is 0 Å². The van der Waals surface area contributed by atoms with Crippen molar-refractivity contribution >= 4 is 175 Å². The molecule has 0 aromatic heterocycles. The quantitative estimate of drug-likeness (QED) is 0.225. The van der Waals surface area contributed by atoms with Gasteiger partial charge in [-0.1, -0.05) is 0 Å². The molecule has 21 heavy (non-hydrogen) atoms. The molecular weight excluding hydrogens is 394 g/mol. The molecule has 0 aromatic rings. The van der Waals surface area contributed by atoms with Crippen molar-refractivity contribution in [2.75, 3.05) is 13.1 Å². The Labute approximate surface area is 241 Å². The first-order chi connectivity index (χ1) is 7.90. The van der Waals surface area contributed by atoms with Gasteiger partial charge in [0.25, 0.3) is 0 Å². The second-order valence-electron chi connectivity index (χ2n) is 2.86. The molecule has 0 fully saturated rings. The summed E-state index contributed by atoms with van der Waals surface area (Å²) in [7, 11) is 0. The Morgan fingerprint density at radius 2 is 1.14 bits per heavy atom. The number of rotatable bonds is 5. The molecule has 0 aliphatic carbocycles. The zero-order valence-electron chi connectivity index (χ0n) is 8.88. The monoisotopic (exact) mass is 415 g/mol. The van der Waals surface area contributed by atoms with E-state index in [0.717, 1.165) is 0 Å². The van der Waals surface area contributed by atoms with Crippen LogP contribution in [-0.4, -0.2) is 194 Å². The summed E-state index contributed by atoms with van der Waals surface area (Å²) in [6.45, 7) is -0.967. The SMILES string of the molecule is NCC(=O)OC(=O)CC(N)C(=O)OC(=O)CN.[CaH2].[CaH2].[CaH2].[CaH2]. The minimum absolute atomic E-state index is 0. The van der Waals surface area contributed by atoms with E-state index >= 15 is 0 Å². The topological polar surface area (TPSA) is 165 Å². The summed E-state index contributed by atoms with van der Waals surface area (Å²) in [6.07, 6.45) is -0.609. The Bertz CT molecular complexity index is 344. The van der Waals surface area contributed by atoms with Gasteiger partial charge in [0.2, 0.25) is 0 Å². The van der Waals surface area contributed by atoms with Gasteiger partial charge in [-0.3, -0.25) is 14.4 Å². The third-order valence-electron chi connectivity index (χ3n) is 1.46. The van der Waals surface area contributed by atoms with Gasteiger partial charge in [0.05, 0.1) is 19.5 Å². The average molecular weight is 416 g/mol. The molecule has 0 rings (SSSR count). The van der Waals surface area contributed by atoms with Gasteiger partial charge in [0, 0.05) is 0 Å². The molecule has 0 spiro atoms. The molecule has 112 valence electrons. The standard InChI is InChI=1S/C8H13N3O6.4Ca.8H/c9-2-6(13)16-5(12)1-4(11)8(15)17-7(14)3-10;;;;;;;;;;;;/h4H,1-3,9-11H2;;;;;;;;;;;;. The van der Waals surface area contributed by atoms with Crippen LogP contribution in [0.2, 0.25) is 0 Å². The summed E-state index contributed by atoms with van der Waals surface area (Å²) in [5.74, 6) is -4.09. The van der Waals surface area contributed by atoms with Gasteiger partial charge >= 0.3 is 175 Å². The van der Waals surface area contributed by atoms with E-state index in [1.165, 1.54) is 0 Å². The number of carbonyl (C=O) groups excluding carboxylic acids is 4. The normalized spacial score (nSPS) is 9.29. The number of nitrogens with two attached hydrogens (primary N) is 3. The summed E-state index contributed by atoms with van der Waals surface area (Å²) >= 11 is 0.